The maximum absolute atomic E-state index is 11.3. The van der Waals surface area contributed by atoms with Crippen LogP contribution in [0.1, 0.15) is 5.56 Å². The number of carbonyl (C=O) groups excluding carboxylic acids is 1. The molecule has 0 amide bonds. The summed E-state index contributed by atoms with van der Waals surface area (Å²) in [5, 5.41) is 11.1. The molecular weight excluding hydrogens is 244 g/mol. The van der Waals surface area contributed by atoms with Gasteiger partial charge in [-0.2, -0.15) is 0 Å². The topological polar surface area (TPSA) is 63.6 Å². The van der Waals surface area contributed by atoms with Gasteiger partial charge >= 0.3 is 11.9 Å². The van der Waals surface area contributed by atoms with Crippen molar-refractivity contribution >= 4 is 22.7 Å². The molecule has 1 aliphatic heterocycles. The number of carboxylic acid groups (broad SMARTS) is 1. The molecule has 19 heavy (non-hydrogen) atoms. The highest BCUT2D eigenvalue weighted by molar-refractivity contribution is 5.91. The van der Waals surface area contributed by atoms with Gasteiger partial charge in [-0.15, -0.1) is 0 Å². The Morgan fingerprint density at radius 2 is 1.89 bits per heavy atom. The molecule has 0 aromatic heterocycles. The normalized spacial score (nSPS) is 21.8. The minimum absolute atomic E-state index is 0.403. The van der Waals surface area contributed by atoms with Gasteiger partial charge in [-0.1, -0.05) is 42.5 Å². The van der Waals surface area contributed by atoms with E-state index in [1.54, 1.807) is 0 Å². The van der Waals surface area contributed by atoms with E-state index < -0.39 is 24.0 Å². The van der Waals surface area contributed by atoms with Gasteiger partial charge in [0.1, 0.15) is 5.92 Å². The van der Waals surface area contributed by atoms with Crippen molar-refractivity contribution in [2.75, 3.05) is 0 Å². The van der Waals surface area contributed by atoms with Gasteiger partial charge in [0.2, 0.25) is 6.10 Å². The fraction of sp³-hybridized carbons (Fsp3) is 0.200. The van der Waals surface area contributed by atoms with Crippen molar-refractivity contribution in [1.29, 1.82) is 0 Å². The Labute approximate surface area is 109 Å². The first-order valence-electron chi connectivity index (χ1n) is 6.06. The van der Waals surface area contributed by atoms with Crippen molar-refractivity contribution in [2.24, 2.45) is 5.92 Å². The second-order valence-electron chi connectivity index (χ2n) is 4.69. The monoisotopic (exact) mass is 256 g/mol. The van der Waals surface area contributed by atoms with E-state index in [4.69, 9.17) is 5.11 Å². The number of fused-ring (bicyclic) bond motifs is 1. The third-order valence-electron chi connectivity index (χ3n) is 3.42. The standard InChI is InChI=1S/C15H12O4/c16-14(17)13-12(15(18)19-13)8-9-5-6-10-3-1-2-4-11(10)7-9/h1-7,12-13H,8H2,(H,16,17). The molecule has 1 aliphatic rings. The molecule has 0 bridgehead atoms. The lowest BCUT2D eigenvalue weighted by Crippen LogP contribution is -2.50. The number of esters is 1. The van der Waals surface area contributed by atoms with Crippen LogP contribution in [0, 0.1) is 5.92 Å². The molecule has 0 radical (unpaired) electrons. The number of hydrogen-bond donors (Lipinski definition) is 1. The van der Waals surface area contributed by atoms with E-state index in [2.05, 4.69) is 4.74 Å². The summed E-state index contributed by atoms with van der Waals surface area (Å²) in [5.41, 5.74) is 0.951. The van der Waals surface area contributed by atoms with E-state index in [9.17, 15) is 9.59 Å². The van der Waals surface area contributed by atoms with E-state index in [0.29, 0.717) is 6.42 Å². The SMILES string of the molecule is O=C1OC(C(=O)O)C1Cc1ccc2ccccc2c1. The average Bonchev–Trinajstić information content (AvgIpc) is 2.41. The third-order valence-corrected chi connectivity index (χ3v) is 3.42. The first-order valence-corrected chi connectivity index (χ1v) is 6.06. The molecule has 1 fully saturated rings. The van der Waals surface area contributed by atoms with Crippen LogP contribution in [-0.2, 0) is 20.7 Å². The minimum Gasteiger partial charge on any atom is -0.478 e. The molecule has 96 valence electrons. The molecule has 1 heterocycles. The number of hydrogen-bond acceptors (Lipinski definition) is 3. The molecule has 3 rings (SSSR count). The third kappa shape index (κ3) is 2.05. The molecule has 2 atom stereocenters. The largest absolute Gasteiger partial charge is 0.478 e. The molecule has 0 spiro atoms. The maximum atomic E-state index is 11.3. The summed E-state index contributed by atoms with van der Waals surface area (Å²) in [6.07, 6.45) is -0.598. The second kappa shape index (κ2) is 4.39. The van der Waals surface area contributed by atoms with Gasteiger partial charge in [0.25, 0.3) is 0 Å². The van der Waals surface area contributed by atoms with Gasteiger partial charge in [-0.05, 0) is 22.8 Å². The molecule has 2 unspecified atom stereocenters. The summed E-state index contributed by atoms with van der Waals surface area (Å²) in [6.45, 7) is 0. The molecule has 1 N–H and O–H groups in total. The quantitative estimate of drug-likeness (QED) is 0.853. The van der Waals surface area contributed by atoms with Crippen LogP contribution in [0.15, 0.2) is 42.5 Å². The van der Waals surface area contributed by atoms with Gasteiger partial charge in [0.05, 0.1) is 0 Å². The summed E-state index contributed by atoms with van der Waals surface area (Å²) < 4.78 is 4.63. The number of benzene rings is 2. The number of rotatable bonds is 3. The van der Waals surface area contributed by atoms with Gasteiger partial charge in [-0.3, -0.25) is 4.79 Å². The Kier molecular flexibility index (Phi) is 2.71. The van der Waals surface area contributed by atoms with Crippen molar-refractivity contribution in [1.82, 2.24) is 0 Å². The smallest absolute Gasteiger partial charge is 0.345 e. The van der Waals surface area contributed by atoms with Gasteiger partial charge < -0.3 is 9.84 Å². The van der Waals surface area contributed by atoms with Crippen molar-refractivity contribution in [2.45, 2.75) is 12.5 Å². The lowest BCUT2D eigenvalue weighted by molar-refractivity contribution is -0.195. The maximum Gasteiger partial charge on any atom is 0.345 e. The summed E-state index contributed by atoms with van der Waals surface area (Å²) in [6, 6.07) is 13.8. The fourth-order valence-electron chi connectivity index (χ4n) is 2.38. The molecule has 1 saturated heterocycles. The molecule has 2 aromatic carbocycles. The van der Waals surface area contributed by atoms with E-state index in [0.717, 1.165) is 16.3 Å². The number of aliphatic carboxylic acids is 1. The lowest BCUT2D eigenvalue weighted by Gasteiger charge is -2.31. The van der Waals surface area contributed by atoms with Crippen molar-refractivity contribution in [3.05, 3.63) is 48.0 Å². The van der Waals surface area contributed by atoms with Crippen molar-refractivity contribution in [3.63, 3.8) is 0 Å². The summed E-state index contributed by atoms with van der Waals surface area (Å²) in [7, 11) is 0. The van der Waals surface area contributed by atoms with E-state index in [-0.39, 0.29) is 0 Å². The van der Waals surface area contributed by atoms with Gasteiger partial charge in [-0.25, -0.2) is 4.79 Å². The molecule has 2 aromatic rings. The van der Waals surface area contributed by atoms with E-state index in [1.807, 2.05) is 42.5 Å². The second-order valence-corrected chi connectivity index (χ2v) is 4.69. The molecule has 4 heteroatoms. The highest BCUT2D eigenvalue weighted by Crippen LogP contribution is 2.27. The zero-order valence-electron chi connectivity index (χ0n) is 10.1. The van der Waals surface area contributed by atoms with Gasteiger partial charge in [0, 0.05) is 0 Å². The first kappa shape index (κ1) is 11.7. The summed E-state index contributed by atoms with van der Waals surface area (Å²) in [5.74, 6) is -2.08. The van der Waals surface area contributed by atoms with Crippen molar-refractivity contribution in [3.8, 4) is 0 Å². The number of cyclic esters (lactones) is 1. The van der Waals surface area contributed by atoms with Crippen LogP contribution in [0.25, 0.3) is 10.8 Å². The van der Waals surface area contributed by atoms with Crippen LogP contribution < -0.4 is 0 Å². The molecule has 0 aliphatic carbocycles. The number of carboxylic acids is 1. The Hall–Kier alpha value is -2.36. The summed E-state index contributed by atoms with van der Waals surface area (Å²) >= 11 is 0. The minimum atomic E-state index is -1.08. The molecular formula is C15H12O4. The van der Waals surface area contributed by atoms with Crippen LogP contribution >= 0.6 is 0 Å². The Morgan fingerprint density at radius 3 is 2.58 bits per heavy atom. The Balaban J connectivity index is 1.85. The highest BCUT2D eigenvalue weighted by Gasteiger charge is 2.47. The average molecular weight is 256 g/mol. The number of ether oxygens (including phenoxy) is 1. The fourth-order valence-corrected chi connectivity index (χ4v) is 2.38. The van der Waals surface area contributed by atoms with Crippen molar-refractivity contribution < 1.29 is 19.4 Å². The predicted molar refractivity (Wildman–Crippen MR) is 68.7 cm³/mol. The number of carbonyl (C=O) groups is 2. The zero-order chi connectivity index (χ0) is 13.4. The molecule has 0 saturated carbocycles. The van der Waals surface area contributed by atoms with E-state index >= 15 is 0 Å². The molecule has 4 nitrogen and oxygen atoms in total. The lowest BCUT2D eigenvalue weighted by atomic mass is 9.89. The van der Waals surface area contributed by atoms with Crippen LogP contribution in [0.2, 0.25) is 0 Å². The Bertz CT molecular complexity index is 662. The van der Waals surface area contributed by atoms with Crippen LogP contribution in [-0.4, -0.2) is 23.1 Å². The first-order chi connectivity index (χ1) is 9.15. The van der Waals surface area contributed by atoms with Crippen LogP contribution in [0.4, 0.5) is 0 Å². The zero-order valence-corrected chi connectivity index (χ0v) is 10.1. The van der Waals surface area contributed by atoms with Crippen LogP contribution in [0.3, 0.4) is 0 Å². The predicted octanol–water partition coefficient (Wildman–Crippen LogP) is 2.01. The highest BCUT2D eigenvalue weighted by atomic mass is 16.6. The Morgan fingerprint density at radius 1 is 1.16 bits per heavy atom. The van der Waals surface area contributed by atoms with E-state index in [1.165, 1.54) is 0 Å². The summed E-state index contributed by atoms with van der Waals surface area (Å²) in [4.78, 5) is 22.2. The van der Waals surface area contributed by atoms with Gasteiger partial charge in [0.15, 0.2) is 0 Å². The van der Waals surface area contributed by atoms with Crippen LogP contribution in [0.5, 0.6) is 0 Å².